The van der Waals surface area contributed by atoms with Gasteiger partial charge in [0.05, 0.1) is 14.2 Å². The lowest BCUT2D eigenvalue weighted by atomic mass is 10.1. The van der Waals surface area contributed by atoms with Crippen LogP contribution in [0.25, 0.3) is 0 Å². The van der Waals surface area contributed by atoms with E-state index >= 15 is 0 Å². The van der Waals surface area contributed by atoms with E-state index in [9.17, 15) is 0 Å². The number of methoxy groups -OCH3 is 2. The molecule has 1 aromatic carbocycles. The van der Waals surface area contributed by atoms with E-state index in [-0.39, 0.29) is 0 Å². The Hall–Kier alpha value is -1.44. The van der Waals surface area contributed by atoms with Gasteiger partial charge in [0.2, 0.25) is 0 Å². The Bertz CT molecular complexity index is 305. The van der Waals surface area contributed by atoms with Crippen LogP contribution in [-0.4, -0.2) is 14.2 Å². The van der Waals surface area contributed by atoms with Crippen molar-refractivity contribution in [3.63, 3.8) is 0 Å². The van der Waals surface area contributed by atoms with E-state index < -0.39 is 0 Å². The van der Waals surface area contributed by atoms with Gasteiger partial charge in [-0.25, -0.2) is 0 Å². The lowest BCUT2D eigenvalue weighted by Crippen LogP contribution is -1.95. The molecule has 0 aliphatic carbocycles. The summed E-state index contributed by atoms with van der Waals surface area (Å²) < 4.78 is 10.5. The number of ether oxygens (including phenoxy) is 2. The van der Waals surface area contributed by atoms with Gasteiger partial charge in [-0.15, -0.1) is 6.58 Å². The molecule has 2 heteroatoms. The molecule has 0 aromatic heterocycles. The van der Waals surface area contributed by atoms with E-state index in [2.05, 4.69) is 6.58 Å². The van der Waals surface area contributed by atoms with Gasteiger partial charge in [-0.05, 0) is 24.5 Å². The van der Waals surface area contributed by atoms with Gasteiger partial charge in [0, 0.05) is 0 Å². The van der Waals surface area contributed by atoms with Gasteiger partial charge in [0.15, 0.2) is 11.5 Å². The van der Waals surface area contributed by atoms with Crippen molar-refractivity contribution in [1.29, 1.82) is 0 Å². The highest BCUT2D eigenvalue weighted by Gasteiger charge is 2.07. The van der Waals surface area contributed by atoms with E-state index in [1.54, 1.807) is 14.2 Å². The first-order valence-corrected chi connectivity index (χ1v) is 4.64. The largest absolute Gasteiger partial charge is 0.493 e. The van der Waals surface area contributed by atoms with E-state index in [1.807, 2.05) is 24.3 Å². The average Bonchev–Trinajstić information content (AvgIpc) is 2.25. The van der Waals surface area contributed by atoms with E-state index in [4.69, 9.17) is 9.47 Å². The van der Waals surface area contributed by atoms with Crippen molar-refractivity contribution in [2.45, 2.75) is 12.8 Å². The van der Waals surface area contributed by atoms with Crippen LogP contribution in [0.2, 0.25) is 0 Å². The summed E-state index contributed by atoms with van der Waals surface area (Å²) >= 11 is 0. The lowest BCUT2D eigenvalue weighted by molar-refractivity contribution is 0.351. The molecule has 0 heterocycles. The number of hydrogen-bond acceptors (Lipinski definition) is 2. The SMILES string of the molecule is C=CCCc1cccc(OC)c1OC. The minimum absolute atomic E-state index is 0.786. The lowest BCUT2D eigenvalue weighted by Gasteiger charge is -2.11. The summed E-state index contributed by atoms with van der Waals surface area (Å²) in [4.78, 5) is 0. The Morgan fingerprint density at radius 2 is 2.07 bits per heavy atom. The molecule has 0 saturated carbocycles. The van der Waals surface area contributed by atoms with Crippen molar-refractivity contribution in [3.05, 3.63) is 36.4 Å². The van der Waals surface area contributed by atoms with Crippen LogP contribution in [0, 0.1) is 0 Å². The number of allylic oxidation sites excluding steroid dienone is 1. The summed E-state index contributed by atoms with van der Waals surface area (Å²) in [6.45, 7) is 3.70. The van der Waals surface area contributed by atoms with Gasteiger partial charge in [0.1, 0.15) is 0 Å². The Kier molecular flexibility index (Phi) is 4.05. The quantitative estimate of drug-likeness (QED) is 0.668. The molecule has 0 aliphatic rings. The highest BCUT2D eigenvalue weighted by molar-refractivity contribution is 5.46. The maximum Gasteiger partial charge on any atom is 0.163 e. The third-order valence-electron chi connectivity index (χ3n) is 2.10. The van der Waals surface area contributed by atoms with Crippen LogP contribution in [0.1, 0.15) is 12.0 Å². The van der Waals surface area contributed by atoms with Crippen LogP contribution in [0.3, 0.4) is 0 Å². The zero-order valence-electron chi connectivity index (χ0n) is 8.75. The molecule has 0 amide bonds. The fourth-order valence-electron chi connectivity index (χ4n) is 1.41. The van der Waals surface area contributed by atoms with E-state index in [0.717, 1.165) is 29.9 Å². The summed E-state index contributed by atoms with van der Waals surface area (Å²) in [7, 11) is 3.31. The Morgan fingerprint density at radius 3 is 2.64 bits per heavy atom. The first-order chi connectivity index (χ1) is 6.83. The van der Waals surface area contributed by atoms with Crippen LogP contribution in [0.15, 0.2) is 30.9 Å². The van der Waals surface area contributed by atoms with Crippen molar-refractivity contribution < 1.29 is 9.47 Å². The molecule has 1 aromatic rings. The van der Waals surface area contributed by atoms with Crippen LogP contribution >= 0.6 is 0 Å². The van der Waals surface area contributed by atoms with Crippen LogP contribution in [0.5, 0.6) is 11.5 Å². The normalized spacial score (nSPS) is 9.57. The van der Waals surface area contributed by atoms with Crippen molar-refractivity contribution >= 4 is 0 Å². The molecule has 1 rings (SSSR count). The van der Waals surface area contributed by atoms with E-state index in [0.29, 0.717) is 0 Å². The molecule has 0 saturated heterocycles. The highest BCUT2D eigenvalue weighted by Crippen LogP contribution is 2.31. The summed E-state index contributed by atoms with van der Waals surface area (Å²) in [5.74, 6) is 1.62. The number of para-hydroxylation sites is 1. The average molecular weight is 192 g/mol. The molecular weight excluding hydrogens is 176 g/mol. The third kappa shape index (κ3) is 2.28. The predicted molar refractivity (Wildman–Crippen MR) is 58.1 cm³/mol. The Morgan fingerprint density at radius 1 is 1.29 bits per heavy atom. The molecule has 0 N–H and O–H groups in total. The predicted octanol–water partition coefficient (Wildman–Crippen LogP) is 2.82. The maximum atomic E-state index is 5.31. The van der Waals surface area contributed by atoms with Gasteiger partial charge in [-0.2, -0.15) is 0 Å². The number of benzene rings is 1. The highest BCUT2D eigenvalue weighted by atomic mass is 16.5. The zero-order chi connectivity index (χ0) is 10.4. The van der Waals surface area contributed by atoms with Crippen molar-refractivity contribution in [2.75, 3.05) is 14.2 Å². The Labute approximate surface area is 85.2 Å². The van der Waals surface area contributed by atoms with Crippen LogP contribution in [0.4, 0.5) is 0 Å². The van der Waals surface area contributed by atoms with Crippen LogP contribution < -0.4 is 9.47 Å². The molecule has 0 atom stereocenters. The summed E-state index contributed by atoms with van der Waals surface area (Å²) in [6, 6.07) is 5.92. The molecule has 0 unspecified atom stereocenters. The van der Waals surface area contributed by atoms with Gasteiger partial charge in [-0.3, -0.25) is 0 Å². The second-order valence-electron chi connectivity index (χ2n) is 2.98. The van der Waals surface area contributed by atoms with Gasteiger partial charge in [-0.1, -0.05) is 18.2 Å². The van der Waals surface area contributed by atoms with Gasteiger partial charge < -0.3 is 9.47 Å². The monoisotopic (exact) mass is 192 g/mol. The fourth-order valence-corrected chi connectivity index (χ4v) is 1.41. The van der Waals surface area contributed by atoms with E-state index in [1.165, 1.54) is 0 Å². The van der Waals surface area contributed by atoms with Gasteiger partial charge in [0.25, 0.3) is 0 Å². The summed E-state index contributed by atoms with van der Waals surface area (Å²) in [5, 5.41) is 0. The van der Waals surface area contributed by atoms with Gasteiger partial charge >= 0.3 is 0 Å². The molecule has 14 heavy (non-hydrogen) atoms. The zero-order valence-corrected chi connectivity index (χ0v) is 8.75. The number of aryl methyl sites for hydroxylation is 1. The smallest absolute Gasteiger partial charge is 0.163 e. The second-order valence-corrected chi connectivity index (χ2v) is 2.98. The maximum absolute atomic E-state index is 5.31. The molecule has 0 radical (unpaired) electrons. The fraction of sp³-hybridized carbons (Fsp3) is 0.333. The molecule has 0 fully saturated rings. The first kappa shape index (κ1) is 10.6. The Balaban J connectivity index is 2.95. The minimum Gasteiger partial charge on any atom is -0.493 e. The first-order valence-electron chi connectivity index (χ1n) is 4.64. The number of hydrogen-bond donors (Lipinski definition) is 0. The minimum atomic E-state index is 0.786. The topological polar surface area (TPSA) is 18.5 Å². The molecule has 0 bridgehead atoms. The molecule has 0 spiro atoms. The summed E-state index contributed by atoms with van der Waals surface area (Å²) in [5.41, 5.74) is 1.16. The summed E-state index contributed by atoms with van der Waals surface area (Å²) in [6.07, 6.45) is 3.78. The molecule has 76 valence electrons. The number of rotatable bonds is 5. The molecular formula is C12H16O2. The van der Waals surface area contributed by atoms with Crippen molar-refractivity contribution in [3.8, 4) is 11.5 Å². The standard InChI is InChI=1S/C12H16O2/c1-4-5-7-10-8-6-9-11(13-2)12(10)14-3/h4,6,8-9H,1,5,7H2,2-3H3. The second kappa shape index (κ2) is 5.32. The third-order valence-corrected chi connectivity index (χ3v) is 2.10. The van der Waals surface area contributed by atoms with Crippen molar-refractivity contribution in [2.24, 2.45) is 0 Å². The molecule has 2 nitrogen and oxygen atoms in total. The van der Waals surface area contributed by atoms with Crippen molar-refractivity contribution in [1.82, 2.24) is 0 Å². The molecule has 0 aliphatic heterocycles. The van der Waals surface area contributed by atoms with Crippen LogP contribution in [-0.2, 0) is 6.42 Å².